The van der Waals surface area contributed by atoms with Crippen LogP contribution in [0.3, 0.4) is 0 Å². The Labute approximate surface area is 193 Å². The van der Waals surface area contributed by atoms with Crippen LogP contribution < -0.4 is 14.9 Å². The van der Waals surface area contributed by atoms with Crippen molar-refractivity contribution in [1.82, 2.24) is 19.3 Å². The van der Waals surface area contributed by atoms with Crippen LogP contribution in [-0.2, 0) is 22.5 Å². The molecule has 1 aliphatic rings. The highest BCUT2D eigenvalue weighted by Gasteiger charge is 2.12. The number of hydrogen-bond donors (Lipinski definition) is 3. The van der Waals surface area contributed by atoms with Gasteiger partial charge in [0.25, 0.3) is 0 Å². The van der Waals surface area contributed by atoms with E-state index in [1.807, 2.05) is 53.0 Å². The van der Waals surface area contributed by atoms with E-state index in [2.05, 4.69) is 37.2 Å². The minimum atomic E-state index is -2.05. The van der Waals surface area contributed by atoms with Gasteiger partial charge in [-0.1, -0.05) is 18.2 Å². The molecule has 0 amide bonds. The number of nitrogens with one attached hydrogen (secondary N) is 2. The van der Waals surface area contributed by atoms with Crippen LogP contribution in [0.1, 0.15) is 5.56 Å². The summed E-state index contributed by atoms with van der Waals surface area (Å²) < 4.78 is 29.7. The van der Waals surface area contributed by atoms with Gasteiger partial charge in [0.1, 0.15) is 0 Å². The molecule has 0 radical (unpaired) electrons. The van der Waals surface area contributed by atoms with Gasteiger partial charge in [0.15, 0.2) is 0 Å². The van der Waals surface area contributed by atoms with E-state index in [1.54, 1.807) is 6.20 Å². The molecule has 4 aromatic rings. The van der Waals surface area contributed by atoms with E-state index in [-0.39, 0.29) is 0 Å². The Bertz CT molecular complexity index is 1270. The first kappa shape index (κ1) is 21.5. The van der Waals surface area contributed by atoms with Gasteiger partial charge in [0.05, 0.1) is 30.6 Å². The maximum absolute atomic E-state index is 10.9. The third kappa shape index (κ3) is 5.04. The van der Waals surface area contributed by atoms with Crippen LogP contribution in [0.25, 0.3) is 16.8 Å². The molecule has 1 unspecified atom stereocenters. The molecule has 1 aliphatic heterocycles. The van der Waals surface area contributed by atoms with Crippen LogP contribution >= 0.6 is 0 Å². The molecule has 1 atom stereocenters. The van der Waals surface area contributed by atoms with E-state index in [4.69, 9.17) is 9.29 Å². The zero-order valence-corrected chi connectivity index (χ0v) is 18.7. The predicted octanol–water partition coefficient (Wildman–Crippen LogP) is 3.20. The van der Waals surface area contributed by atoms with Gasteiger partial charge in [-0.25, -0.2) is 18.4 Å². The van der Waals surface area contributed by atoms with Gasteiger partial charge < -0.3 is 15.0 Å². The number of benzene rings is 2. The molecule has 170 valence electrons. The molecule has 0 saturated carbocycles. The van der Waals surface area contributed by atoms with Gasteiger partial charge in [-0.15, -0.1) is 5.10 Å². The zero-order chi connectivity index (χ0) is 22.6. The zero-order valence-electron chi connectivity index (χ0n) is 17.8. The average Bonchev–Trinajstić information content (AvgIpc) is 3.27. The van der Waals surface area contributed by atoms with Crippen molar-refractivity contribution in [3.8, 4) is 11.3 Å². The first-order valence-corrected chi connectivity index (χ1v) is 11.7. The van der Waals surface area contributed by atoms with Crippen molar-refractivity contribution in [2.24, 2.45) is 0 Å². The Hall–Kier alpha value is -3.31. The predicted molar refractivity (Wildman–Crippen MR) is 129 cm³/mol. The van der Waals surface area contributed by atoms with Gasteiger partial charge in [0, 0.05) is 36.6 Å². The lowest BCUT2D eigenvalue weighted by Gasteiger charge is -2.28. The molecule has 1 saturated heterocycles. The second-order valence-electron chi connectivity index (χ2n) is 7.68. The van der Waals surface area contributed by atoms with Gasteiger partial charge in [0.2, 0.25) is 17.2 Å². The van der Waals surface area contributed by atoms with Crippen LogP contribution in [0.4, 0.5) is 17.3 Å². The highest BCUT2D eigenvalue weighted by molar-refractivity contribution is 7.77. The van der Waals surface area contributed by atoms with E-state index < -0.39 is 11.3 Å². The Morgan fingerprint density at radius 1 is 1.06 bits per heavy atom. The number of fused-ring (bicyclic) bond motifs is 1. The highest BCUT2D eigenvalue weighted by Crippen LogP contribution is 2.24. The molecule has 0 bridgehead atoms. The van der Waals surface area contributed by atoms with E-state index in [1.165, 1.54) is 5.69 Å². The van der Waals surface area contributed by atoms with Gasteiger partial charge in [-0.05, 0) is 48.0 Å². The summed E-state index contributed by atoms with van der Waals surface area (Å²) in [4.78, 5) is 6.76. The largest absolute Gasteiger partial charge is 0.378 e. The van der Waals surface area contributed by atoms with Crippen LogP contribution in [0.5, 0.6) is 0 Å². The summed E-state index contributed by atoms with van der Waals surface area (Å²) >= 11 is -2.05. The summed E-state index contributed by atoms with van der Waals surface area (Å²) in [5.41, 5.74) is 5.72. The second-order valence-corrected chi connectivity index (χ2v) is 8.47. The van der Waals surface area contributed by atoms with E-state index >= 15 is 0 Å². The topological polar surface area (TPSA) is 104 Å². The molecule has 3 N–H and O–H groups in total. The molecule has 2 aromatic heterocycles. The molecule has 33 heavy (non-hydrogen) atoms. The Morgan fingerprint density at radius 3 is 2.67 bits per heavy atom. The van der Waals surface area contributed by atoms with Gasteiger partial charge in [-0.3, -0.25) is 4.55 Å². The monoisotopic (exact) mass is 464 g/mol. The molecular weight excluding hydrogens is 440 g/mol. The fourth-order valence-corrected chi connectivity index (χ4v) is 4.16. The number of anilines is 3. The molecule has 3 heterocycles. The normalized spacial score (nSPS) is 15.0. The average molecular weight is 465 g/mol. The van der Waals surface area contributed by atoms with Crippen molar-refractivity contribution >= 4 is 34.1 Å². The van der Waals surface area contributed by atoms with Gasteiger partial charge in [-0.2, -0.15) is 0 Å². The Kier molecular flexibility index (Phi) is 6.31. The molecular formula is C23H24N6O3S. The summed E-state index contributed by atoms with van der Waals surface area (Å²) in [6, 6.07) is 20.0. The third-order valence-electron chi connectivity index (χ3n) is 5.52. The maximum atomic E-state index is 10.9. The lowest BCUT2D eigenvalue weighted by Crippen LogP contribution is -2.36. The minimum Gasteiger partial charge on any atom is -0.378 e. The van der Waals surface area contributed by atoms with Crippen molar-refractivity contribution in [1.29, 1.82) is 0 Å². The summed E-state index contributed by atoms with van der Waals surface area (Å²) in [5.74, 6) is 0.493. The highest BCUT2D eigenvalue weighted by atomic mass is 32.2. The number of hydrogen-bond acceptors (Lipinski definition) is 6. The van der Waals surface area contributed by atoms with Crippen molar-refractivity contribution in [3.63, 3.8) is 0 Å². The van der Waals surface area contributed by atoms with E-state index in [0.29, 0.717) is 12.5 Å². The Morgan fingerprint density at radius 2 is 1.88 bits per heavy atom. The van der Waals surface area contributed by atoms with Crippen LogP contribution in [0, 0.1) is 0 Å². The molecule has 5 rings (SSSR count). The number of ether oxygens (including phenoxy) is 1. The van der Waals surface area contributed by atoms with Crippen LogP contribution in [0.15, 0.2) is 66.9 Å². The van der Waals surface area contributed by atoms with E-state index in [9.17, 15) is 4.21 Å². The quantitative estimate of drug-likeness (QED) is 0.361. The van der Waals surface area contributed by atoms with Crippen molar-refractivity contribution in [3.05, 3.63) is 72.4 Å². The molecule has 2 aromatic carbocycles. The summed E-state index contributed by atoms with van der Waals surface area (Å²) in [6.45, 7) is 3.61. The third-order valence-corrected chi connectivity index (χ3v) is 5.91. The fraction of sp³-hybridized carbons (Fsp3) is 0.217. The summed E-state index contributed by atoms with van der Waals surface area (Å²) in [7, 11) is 0. The minimum absolute atomic E-state index is 0.294. The molecule has 1 fully saturated rings. The lowest BCUT2D eigenvalue weighted by atomic mass is 10.1. The molecule has 0 aliphatic carbocycles. The number of morpholine rings is 1. The van der Waals surface area contributed by atoms with Crippen molar-refractivity contribution in [2.75, 3.05) is 36.5 Å². The van der Waals surface area contributed by atoms with E-state index in [0.717, 1.165) is 54.3 Å². The molecule has 9 nitrogen and oxygen atoms in total. The first-order chi connectivity index (χ1) is 16.2. The summed E-state index contributed by atoms with van der Waals surface area (Å²) in [5, 5.41) is 7.97. The fourth-order valence-electron chi connectivity index (χ4n) is 3.87. The first-order valence-electron chi connectivity index (χ1n) is 10.6. The summed E-state index contributed by atoms with van der Waals surface area (Å²) in [6.07, 6.45) is 1.78. The van der Waals surface area contributed by atoms with Gasteiger partial charge >= 0.3 is 0 Å². The number of rotatable bonds is 7. The molecule has 0 spiro atoms. The lowest BCUT2D eigenvalue weighted by molar-refractivity contribution is 0.122. The smallest absolute Gasteiger partial charge is 0.245 e. The van der Waals surface area contributed by atoms with Crippen LogP contribution in [0.2, 0.25) is 0 Å². The second kappa shape index (κ2) is 9.67. The van der Waals surface area contributed by atoms with Crippen molar-refractivity contribution in [2.45, 2.75) is 6.54 Å². The Balaban J connectivity index is 1.36. The number of aromatic nitrogens is 3. The standard InChI is InChI=1S/C23H24N6O3S/c30-33(31)25-15-17-2-1-3-18(14-17)22-9-8-21-16-24-23(27-29(21)22)26-19-4-6-20(7-5-19)28-10-12-32-13-11-28/h1-9,14,16,25H,10-13,15H2,(H,26,27)(H,30,31). The number of nitrogens with zero attached hydrogens (tertiary/aromatic N) is 4. The van der Waals surface area contributed by atoms with Crippen LogP contribution in [-0.4, -0.2) is 49.7 Å². The SMILES string of the molecule is O=S(O)NCc1cccc(-c2ccc3cnc(Nc4ccc(N5CCOCC5)cc4)nn23)c1. The maximum Gasteiger partial charge on any atom is 0.245 e. The van der Waals surface area contributed by atoms with Crippen molar-refractivity contribution < 1.29 is 13.5 Å². The molecule has 10 heteroatoms.